The van der Waals surface area contributed by atoms with Gasteiger partial charge in [0.25, 0.3) is 23.6 Å². The third-order valence-electron chi connectivity index (χ3n) is 12.9. The molecule has 5 amide bonds. The van der Waals surface area contributed by atoms with Gasteiger partial charge in [-0.25, -0.2) is 8.78 Å². The average molecular weight is 1020 g/mol. The molecule has 73 heavy (non-hydrogen) atoms. The van der Waals surface area contributed by atoms with E-state index < -0.39 is 5.24 Å². The second-order valence-electron chi connectivity index (χ2n) is 18.3. The number of H-pyrrole nitrogens is 2. The molecule has 2 saturated heterocycles. The Bertz CT molecular complexity index is 3000. The maximum atomic E-state index is 13.4. The summed E-state index contributed by atoms with van der Waals surface area (Å²) in [5.41, 5.74) is 6.66. The average Bonchev–Trinajstić information content (AvgIpc) is 4.21. The van der Waals surface area contributed by atoms with Gasteiger partial charge in [-0.3, -0.25) is 38.1 Å². The second kappa shape index (κ2) is 22.6. The van der Waals surface area contributed by atoms with Crippen molar-refractivity contribution in [2.24, 2.45) is 0 Å². The molecule has 4 aliphatic rings. The van der Waals surface area contributed by atoms with Crippen LogP contribution in [-0.4, -0.2) is 130 Å². The van der Waals surface area contributed by atoms with Gasteiger partial charge < -0.3 is 40.6 Å². The van der Waals surface area contributed by atoms with Gasteiger partial charge >= 0.3 is 0 Å². The third-order valence-corrected chi connectivity index (χ3v) is 13.1. The summed E-state index contributed by atoms with van der Waals surface area (Å²) in [4.78, 5) is 84.6. The minimum Gasteiger partial charge on any atom is -0.357 e. The minimum absolute atomic E-state index is 0.0162. The maximum Gasteiger partial charge on any atom is 0.272 e. The third kappa shape index (κ3) is 11.9. The van der Waals surface area contributed by atoms with Crippen LogP contribution in [0, 0.1) is 11.6 Å². The summed E-state index contributed by atoms with van der Waals surface area (Å²) in [6.45, 7) is 15.2. The molecule has 2 atom stereocenters. The molecule has 21 heteroatoms. The Balaban J connectivity index is 0.000000179. The summed E-state index contributed by atoms with van der Waals surface area (Å²) in [6.07, 6.45) is 5.72. The van der Waals surface area contributed by atoms with E-state index in [1.165, 1.54) is 30.3 Å². The minimum atomic E-state index is -0.509. The fourth-order valence-electron chi connectivity index (χ4n) is 9.27. The normalized spacial score (nSPS) is 17.0. The van der Waals surface area contributed by atoms with Crippen molar-refractivity contribution in [3.05, 3.63) is 179 Å². The SMILES string of the molecule is C=CC(=O)Cl.C=CC(=O)N1CC(NC(=O)c2nn(Cc3ccc(F)cc3)c3c2CN(C(=O)c2ccc[nH]2)CC3C)C1.CC1CN(C(=O)c2ccc[nH]2)Cc2c(C(=O)NC3CNC3)nn(Cc3ccc(F)cc3)c21. The highest BCUT2D eigenvalue weighted by molar-refractivity contribution is 6.66. The first-order valence-corrected chi connectivity index (χ1v) is 24.1. The Hall–Kier alpha value is -7.97. The van der Waals surface area contributed by atoms with E-state index in [-0.39, 0.29) is 77.3 Å². The number of aromatic nitrogens is 6. The number of benzene rings is 2. The van der Waals surface area contributed by atoms with Crippen LogP contribution >= 0.6 is 11.6 Å². The summed E-state index contributed by atoms with van der Waals surface area (Å²) in [6, 6.07) is 19.4. The van der Waals surface area contributed by atoms with E-state index in [1.807, 2.05) is 18.5 Å². The Morgan fingerprint density at radius 3 is 1.42 bits per heavy atom. The highest BCUT2D eigenvalue weighted by Crippen LogP contribution is 2.34. The number of carbonyl (C=O) groups excluding carboxylic acids is 6. The van der Waals surface area contributed by atoms with Crippen molar-refractivity contribution in [2.75, 3.05) is 39.3 Å². The van der Waals surface area contributed by atoms with Crippen LogP contribution in [0.15, 0.2) is 111 Å². The molecule has 4 aliphatic heterocycles. The van der Waals surface area contributed by atoms with Crippen molar-refractivity contribution < 1.29 is 37.5 Å². The van der Waals surface area contributed by atoms with E-state index in [9.17, 15) is 37.5 Å². The first-order valence-electron chi connectivity index (χ1n) is 23.7. The lowest BCUT2D eigenvalue weighted by molar-refractivity contribution is -0.130. The Kier molecular flexibility index (Phi) is 15.9. The maximum absolute atomic E-state index is 13.4. The zero-order valence-corrected chi connectivity index (χ0v) is 41.0. The van der Waals surface area contributed by atoms with Crippen LogP contribution < -0.4 is 16.0 Å². The van der Waals surface area contributed by atoms with Crippen LogP contribution in [0.3, 0.4) is 0 Å². The molecule has 0 radical (unpaired) electrons. The number of halogens is 3. The van der Waals surface area contributed by atoms with Crippen molar-refractivity contribution in [3.8, 4) is 0 Å². The van der Waals surface area contributed by atoms with E-state index in [1.54, 1.807) is 80.3 Å². The molecule has 8 heterocycles. The largest absolute Gasteiger partial charge is 0.357 e. The summed E-state index contributed by atoms with van der Waals surface area (Å²) in [7, 11) is 0. The fourth-order valence-corrected chi connectivity index (χ4v) is 9.27. The van der Waals surface area contributed by atoms with E-state index >= 15 is 0 Å². The molecular weight excluding hydrogens is 962 g/mol. The van der Waals surface area contributed by atoms with Crippen LogP contribution in [0.1, 0.15) is 101 Å². The summed E-state index contributed by atoms with van der Waals surface area (Å²) in [5.74, 6) is -1.71. The summed E-state index contributed by atoms with van der Waals surface area (Å²) < 4.78 is 30.4. The quantitative estimate of drug-likeness (QED) is 0.0815. The van der Waals surface area contributed by atoms with E-state index in [0.717, 1.165) is 47.2 Å². The van der Waals surface area contributed by atoms with Crippen molar-refractivity contribution in [1.82, 2.24) is 60.2 Å². The van der Waals surface area contributed by atoms with Gasteiger partial charge in [0.15, 0.2) is 11.4 Å². The molecule has 0 bridgehead atoms. The molecular formula is C52H55ClF2N12O6. The lowest BCUT2D eigenvalue weighted by Gasteiger charge is -2.38. The molecule has 18 nitrogen and oxygen atoms in total. The number of rotatable bonds is 12. The van der Waals surface area contributed by atoms with Crippen LogP contribution in [0.2, 0.25) is 0 Å². The smallest absolute Gasteiger partial charge is 0.272 e. The van der Waals surface area contributed by atoms with Gasteiger partial charge in [0, 0.05) is 86.0 Å². The van der Waals surface area contributed by atoms with Crippen molar-refractivity contribution in [2.45, 2.75) is 63.9 Å². The zero-order chi connectivity index (χ0) is 51.9. The van der Waals surface area contributed by atoms with E-state index in [0.29, 0.717) is 68.5 Å². The van der Waals surface area contributed by atoms with Crippen LogP contribution in [0.4, 0.5) is 8.78 Å². The van der Waals surface area contributed by atoms with Gasteiger partial charge in [0.2, 0.25) is 11.1 Å². The Labute approximate surface area is 424 Å². The molecule has 0 spiro atoms. The summed E-state index contributed by atoms with van der Waals surface area (Å²) >= 11 is 4.71. The monoisotopic (exact) mass is 1020 g/mol. The molecule has 4 aromatic heterocycles. The number of fused-ring (bicyclic) bond motifs is 2. The number of allylic oxidation sites excluding steroid dienone is 1. The van der Waals surface area contributed by atoms with Crippen molar-refractivity contribution in [1.29, 1.82) is 0 Å². The van der Waals surface area contributed by atoms with Crippen molar-refractivity contribution in [3.63, 3.8) is 0 Å². The highest BCUT2D eigenvalue weighted by atomic mass is 35.5. The highest BCUT2D eigenvalue weighted by Gasteiger charge is 2.38. The molecule has 2 unspecified atom stereocenters. The Morgan fingerprint density at radius 1 is 0.644 bits per heavy atom. The molecule has 0 aliphatic carbocycles. The lowest BCUT2D eigenvalue weighted by Crippen LogP contribution is -2.60. The molecule has 0 saturated carbocycles. The molecule has 2 aromatic carbocycles. The van der Waals surface area contributed by atoms with Crippen LogP contribution in [0.25, 0.3) is 0 Å². The number of nitrogens with one attached hydrogen (secondary N) is 5. The molecule has 5 N–H and O–H groups in total. The van der Waals surface area contributed by atoms with Gasteiger partial charge in [-0.15, -0.1) is 0 Å². The van der Waals surface area contributed by atoms with Crippen molar-refractivity contribution >= 4 is 46.4 Å². The number of hydrogen-bond donors (Lipinski definition) is 5. The standard InChI is InChI=1S/C26H27FN6O3.C23H25FN6O2.C3H3ClO/c1-3-22(34)31-13-19(14-31)29-25(35)23-20-15-32(26(36)21-5-4-10-28-21)11-16(2)24(20)33(30-23)12-17-6-8-18(27)9-7-17;1-14-11-29(23(32)19-3-2-8-26-19)13-18-20(22(31)27-17-9-25-10-17)28-30(21(14)18)12-15-4-6-16(24)7-5-15;1-2-3(4)5/h3-10,16,19,28H,1,11-15H2,2H3,(H,29,35);2-8,14,17,25-26H,9-13H2,1H3,(H,27,31);2H,1H2. The second-order valence-corrected chi connectivity index (χ2v) is 18.7. The number of nitrogens with zero attached hydrogens (tertiary/aromatic N) is 7. The number of aromatic amines is 2. The molecule has 6 aromatic rings. The number of amides is 5. The number of likely N-dealkylation sites (tertiary alicyclic amines) is 1. The summed E-state index contributed by atoms with van der Waals surface area (Å²) in [5, 5.41) is 17.9. The lowest BCUT2D eigenvalue weighted by atomic mass is 9.95. The fraction of sp³-hybridized carbons (Fsp3) is 0.308. The van der Waals surface area contributed by atoms with Gasteiger partial charge in [-0.2, -0.15) is 10.2 Å². The zero-order valence-electron chi connectivity index (χ0n) is 40.2. The van der Waals surface area contributed by atoms with E-state index in [4.69, 9.17) is 11.6 Å². The number of hydrogen-bond acceptors (Lipinski definition) is 9. The Morgan fingerprint density at radius 2 is 1.07 bits per heavy atom. The molecule has 2 fully saturated rings. The van der Waals surface area contributed by atoms with Gasteiger partial charge in [-0.1, -0.05) is 51.3 Å². The first-order chi connectivity index (χ1) is 35.1. The van der Waals surface area contributed by atoms with Crippen LogP contribution in [-0.2, 0) is 35.8 Å². The topological polar surface area (TPSA) is 215 Å². The predicted octanol–water partition coefficient (Wildman–Crippen LogP) is 5.08. The number of carbonyl (C=O) groups is 6. The van der Waals surface area contributed by atoms with Gasteiger partial charge in [-0.05, 0) is 83.4 Å². The first kappa shape index (κ1) is 51.4. The van der Waals surface area contributed by atoms with Gasteiger partial charge in [0.1, 0.15) is 23.0 Å². The predicted molar refractivity (Wildman–Crippen MR) is 267 cm³/mol. The molecule has 10 rings (SSSR count). The van der Waals surface area contributed by atoms with E-state index in [2.05, 4.69) is 49.3 Å². The van der Waals surface area contributed by atoms with Gasteiger partial charge in [0.05, 0.1) is 38.3 Å². The van der Waals surface area contributed by atoms with Crippen LogP contribution in [0.5, 0.6) is 0 Å². The molecule has 380 valence electrons.